The van der Waals surface area contributed by atoms with E-state index in [2.05, 4.69) is 5.10 Å². The zero-order chi connectivity index (χ0) is 10.3. The van der Waals surface area contributed by atoms with Crippen LogP contribution in [0.1, 0.15) is 37.2 Å². The highest BCUT2D eigenvalue weighted by atomic mass is 19.1. The number of nitrogens with two attached hydrogens (primary N) is 1. The molecule has 14 heavy (non-hydrogen) atoms. The molecule has 2 N–H and O–H groups in total. The predicted octanol–water partition coefficient (Wildman–Crippen LogP) is 1.49. The molecule has 1 atom stereocenters. The normalized spacial score (nSPS) is 25.4. The molecule has 0 bridgehead atoms. The fourth-order valence-corrected chi connectivity index (χ4v) is 2.29. The Balaban J connectivity index is 2.57. The van der Waals surface area contributed by atoms with Crippen molar-refractivity contribution in [2.45, 2.75) is 45.4 Å². The van der Waals surface area contributed by atoms with Gasteiger partial charge in [-0.3, -0.25) is 4.68 Å². The molecule has 0 radical (unpaired) electrons. The van der Waals surface area contributed by atoms with Crippen molar-refractivity contribution in [2.24, 2.45) is 5.73 Å². The van der Waals surface area contributed by atoms with Crippen LogP contribution in [0.25, 0.3) is 0 Å². The number of rotatable bonds is 2. The monoisotopic (exact) mass is 197 g/mol. The second kappa shape index (κ2) is 3.05. The standard InChI is InChI=1S/C10H16FN3/c1-3-14-8-4-5-10(2,11)9(8)7(6-12)13-14/h3-6,12H2,1-2H3. The Morgan fingerprint density at radius 3 is 2.93 bits per heavy atom. The number of hydrogen-bond acceptors (Lipinski definition) is 2. The number of aromatic nitrogens is 2. The zero-order valence-corrected chi connectivity index (χ0v) is 8.68. The maximum absolute atomic E-state index is 14.1. The van der Waals surface area contributed by atoms with Gasteiger partial charge in [0.1, 0.15) is 5.67 Å². The van der Waals surface area contributed by atoms with E-state index in [4.69, 9.17) is 5.73 Å². The van der Waals surface area contributed by atoms with Crippen LogP contribution in [0.15, 0.2) is 0 Å². The van der Waals surface area contributed by atoms with Gasteiger partial charge in [-0.2, -0.15) is 5.10 Å². The van der Waals surface area contributed by atoms with E-state index < -0.39 is 5.67 Å². The molecule has 2 rings (SSSR count). The quantitative estimate of drug-likeness (QED) is 0.780. The molecule has 1 heterocycles. The summed E-state index contributed by atoms with van der Waals surface area (Å²) in [5.41, 5.74) is 6.86. The third-order valence-electron chi connectivity index (χ3n) is 2.98. The average Bonchev–Trinajstić information content (AvgIpc) is 2.65. The van der Waals surface area contributed by atoms with E-state index in [1.165, 1.54) is 0 Å². The smallest absolute Gasteiger partial charge is 0.137 e. The molecule has 0 spiro atoms. The fraction of sp³-hybridized carbons (Fsp3) is 0.700. The Bertz CT molecular complexity index is 354. The summed E-state index contributed by atoms with van der Waals surface area (Å²) in [6, 6.07) is 0. The second-order valence-corrected chi connectivity index (χ2v) is 3.99. The molecule has 0 aliphatic heterocycles. The summed E-state index contributed by atoms with van der Waals surface area (Å²) in [5, 5.41) is 4.32. The first-order chi connectivity index (χ1) is 6.60. The van der Waals surface area contributed by atoms with Crippen molar-refractivity contribution >= 4 is 0 Å². The van der Waals surface area contributed by atoms with Gasteiger partial charge in [0.25, 0.3) is 0 Å². The molecule has 0 saturated heterocycles. The molecular formula is C10H16FN3. The molecule has 0 amide bonds. The van der Waals surface area contributed by atoms with Gasteiger partial charge < -0.3 is 5.73 Å². The van der Waals surface area contributed by atoms with E-state index in [0.29, 0.717) is 13.0 Å². The Morgan fingerprint density at radius 2 is 2.36 bits per heavy atom. The molecule has 1 aliphatic rings. The van der Waals surface area contributed by atoms with E-state index >= 15 is 0 Å². The molecule has 1 aliphatic carbocycles. The second-order valence-electron chi connectivity index (χ2n) is 3.99. The number of alkyl halides is 1. The van der Waals surface area contributed by atoms with E-state index in [-0.39, 0.29) is 0 Å². The van der Waals surface area contributed by atoms with Crippen LogP contribution in [0.3, 0.4) is 0 Å². The Labute approximate surface area is 83.1 Å². The molecule has 78 valence electrons. The maximum atomic E-state index is 14.1. The predicted molar refractivity (Wildman–Crippen MR) is 52.6 cm³/mol. The minimum atomic E-state index is -1.22. The summed E-state index contributed by atoms with van der Waals surface area (Å²) in [6.07, 6.45) is 1.34. The molecule has 1 unspecified atom stereocenters. The molecule has 4 heteroatoms. The van der Waals surface area contributed by atoms with Gasteiger partial charge in [0.2, 0.25) is 0 Å². The molecular weight excluding hydrogens is 181 g/mol. The summed E-state index contributed by atoms with van der Waals surface area (Å²) in [5.74, 6) is 0. The first-order valence-corrected chi connectivity index (χ1v) is 5.08. The lowest BCUT2D eigenvalue weighted by molar-refractivity contribution is 0.192. The average molecular weight is 197 g/mol. The van der Waals surface area contributed by atoms with Crippen LogP contribution >= 0.6 is 0 Å². The van der Waals surface area contributed by atoms with Gasteiger partial charge in [0.05, 0.1) is 5.69 Å². The molecule has 0 fully saturated rings. The van der Waals surface area contributed by atoms with Crippen molar-refractivity contribution < 1.29 is 4.39 Å². The summed E-state index contributed by atoms with van der Waals surface area (Å²) >= 11 is 0. The highest BCUT2D eigenvalue weighted by Crippen LogP contribution is 2.41. The van der Waals surface area contributed by atoms with Crippen LogP contribution in [-0.2, 0) is 25.2 Å². The lowest BCUT2D eigenvalue weighted by Gasteiger charge is -2.13. The largest absolute Gasteiger partial charge is 0.325 e. The van der Waals surface area contributed by atoms with Crippen molar-refractivity contribution in [2.75, 3.05) is 0 Å². The molecule has 1 aromatic heterocycles. The van der Waals surface area contributed by atoms with Gasteiger partial charge in [0, 0.05) is 24.3 Å². The van der Waals surface area contributed by atoms with Crippen molar-refractivity contribution in [3.05, 3.63) is 17.0 Å². The van der Waals surface area contributed by atoms with Gasteiger partial charge in [-0.05, 0) is 26.7 Å². The summed E-state index contributed by atoms with van der Waals surface area (Å²) in [7, 11) is 0. The van der Waals surface area contributed by atoms with Crippen LogP contribution in [0.5, 0.6) is 0 Å². The molecule has 1 aromatic rings. The van der Waals surface area contributed by atoms with Crippen molar-refractivity contribution in [1.29, 1.82) is 0 Å². The number of hydrogen-bond donors (Lipinski definition) is 1. The summed E-state index contributed by atoms with van der Waals surface area (Å²) in [4.78, 5) is 0. The van der Waals surface area contributed by atoms with Crippen LogP contribution in [0.4, 0.5) is 4.39 Å². The first kappa shape index (κ1) is 9.65. The molecule has 0 aromatic carbocycles. The van der Waals surface area contributed by atoms with Crippen LogP contribution in [0.2, 0.25) is 0 Å². The zero-order valence-electron chi connectivity index (χ0n) is 8.68. The third kappa shape index (κ3) is 1.17. The van der Waals surface area contributed by atoms with Crippen LogP contribution < -0.4 is 5.73 Å². The van der Waals surface area contributed by atoms with E-state index in [0.717, 1.165) is 29.9 Å². The Morgan fingerprint density at radius 1 is 1.64 bits per heavy atom. The maximum Gasteiger partial charge on any atom is 0.137 e. The first-order valence-electron chi connectivity index (χ1n) is 5.08. The van der Waals surface area contributed by atoms with Gasteiger partial charge in [0.15, 0.2) is 0 Å². The Hall–Kier alpha value is -0.900. The number of nitrogens with zero attached hydrogens (tertiary/aromatic N) is 2. The molecule has 0 saturated carbocycles. The highest BCUT2D eigenvalue weighted by Gasteiger charge is 2.39. The van der Waals surface area contributed by atoms with Gasteiger partial charge in [-0.15, -0.1) is 0 Å². The lowest BCUT2D eigenvalue weighted by atomic mass is 10.0. The fourth-order valence-electron chi connectivity index (χ4n) is 2.29. The van der Waals surface area contributed by atoms with Gasteiger partial charge >= 0.3 is 0 Å². The minimum Gasteiger partial charge on any atom is -0.325 e. The van der Waals surface area contributed by atoms with Crippen LogP contribution in [0, 0.1) is 0 Å². The van der Waals surface area contributed by atoms with Crippen molar-refractivity contribution in [1.82, 2.24) is 9.78 Å². The Kier molecular flexibility index (Phi) is 2.10. The van der Waals surface area contributed by atoms with E-state index in [9.17, 15) is 4.39 Å². The summed E-state index contributed by atoms with van der Waals surface area (Å²) in [6.45, 7) is 4.76. The number of aryl methyl sites for hydroxylation is 1. The SMILES string of the molecule is CCn1nc(CN)c2c1CCC2(C)F. The van der Waals surface area contributed by atoms with Crippen LogP contribution in [-0.4, -0.2) is 9.78 Å². The van der Waals surface area contributed by atoms with Gasteiger partial charge in [-0.1, -0.05) is 0 Å². The van der Waals surface area contributed by atoms with Gasteiger partial charge in [-0.25, -0.2) is 4.39 Å². The van der Waals surface area contributed by atoms with Crippen molar-refractivity contribution in [3.63, 3.8) is 0 Å². The summed E-state index contributed by atoms with van der Waals surface area (Å²) < 4.78 is 16.0. The van der Waals surface area contributed by atoms with E-state index in [1.807, 2.05) is 11.6 Å². The minimum absolute atomic E-state index is 0.328. The number of halogens is 1. The topological polar surface area (TPSA) is 43.8 Å². The number of fused-ring (bicyclic) bond motifs is 1. The third-order valence-corrected chi connectivity index (χ3v) is 2.98. The van der Waals surface area contributed by atoms with Crippen molar-refractivity contribution in [3.8, 4) is 0 Å². The lowest BCUT2D eigenvalue weighted by Crippen LogP contribution is -2.14. The van der Waals surface area contributed by atoms with E-state index in [1.54, 1.807) is 6.92 Å². The highest BCUT2D eigenvalue weighted by molar-refractivity contribution is 5.36. The molecule has 3 nitrogen and oxygen atoms in total.